The smallest absolute Gasteiger partial charge is 0.238 e. The number of halogens is 1. The summed E-state index contributed by atoms with van der Waals surface area (Å²) in [4.78, 5) is 0.121. The topological polar surface area (TPSA) is 72.2 Å². The molecule has 0 radical (unpaired) electrons. The van der Waals surface area contributed by atoms with E-state index in [0.717, 1.165) is 15.7 Å². The van der Waals surface area contributed by atoms with E-state index >= 15 is 0 Å². The van der Waals surface area contributed by atoms with Gasteiger partial charge >= 0.3 is 0 Å². The Morgan fingerprint density at radius 1 is 1.15 bits per heavy atom. The number of rotatable bonds is 4. The van der Waals surface area contributed by atoms with Crippen molar-refractivity contribution in [1.29, 1.82) is 0 Å². The van der Waals surface area contributed by atoms with Gasteiger partial charge in [0.25, 0.3) is 0 Å². The minimum absolute atomic E-state index is 0.0545. The molecule has 0 saturated heterocycles. The molecular formula is C14H15BrN2O2S. The zero-order chi connectivity index (χ0) is 14.8. The Labute approximate surface area is 127 Å². The van der Waals surface area contributed by atoms with E-state index in [9.17, 15) is 8.42 Å². The van der Waals surface area contributed by atoms with Crippen molar-refractivity contribution in [2.75, 3.05) is 5.32 Å². The maximum atomic E-state index is 11.2. The molecule has 106 valence electrons. The highest BCUT2D eigenvalue weighted by Gasteiger charge is 2.10. The van der Waals surface area contributed by atoms with Crippen LogP contribution >= 0.6 is 15.9 Å². The molecule has 0 aliphatic carbocycles. The van der Waals surface area contributed by atoms with E-state index in [2.05, 4.69) is 21.2 Å². The summed E-state index contributed by atoms with van der Waals surface area (Å²) >= 11 is 3.42. The number of anilines is 1. The van der Waals surface area contributed by atoms with Crippen molar-refractivity contribution in [3.63, 3.8) is 0 Å². The van der Waals surface area contributed by atoms with Crippen LogP contribution < -0.4 is 10.5 Å². The van der Waals surface area contributed by atoms with Crippen LogP contribution in [0.2, 0.25) is 0 Å². The van der Waals surface area contributed by atoms with Crippen molar-refractivity contribution in [1.82, 2.24) is 0 Å². The van der Waals surface area contributed by atoms with E-state index in [0.29, 0.717) is 0 Å². The number of benzene rings is 2. The summed E-state index contributed by atoms with van der Waals surface area (Å²) in [7, 11) is -3.64. The van der Waals surface area contributed by atoms with Crippen molar-refractivity contribution in [3.05, 3.63) is 58.6 Å². The van der Waals surface area contributed by atoms with Crippen LogP contribution in [0, 0.1) is 0 Å². The molecule has 0 fully saturated rings. The maximum Gasteiger partial charge on any atom is 0.238 e. The SMILES string of the molecule is CC(Nc1cccc(Br)c1)c1ccc(S(N)(=O)=O)cc1. The van der Waals surface area contributed by atoms with E-state index in [-0.39, 0.29) is 10.9 Å². The highest BCUT2D eigenvalue weighted by molar-refractivity contribution is 9.10. The van der Waals surface area contributed by atoms with Gasteiger partial charge in [-0.2, -0.15) is 0 Å². The van der Waals surface area contributed by atoms with Gasteiger partial charge in [-0.25, -0.2) is 13.6 Å². The molecule has 0 spiro atoms. The molecule has 3 N–H and O–H groups in total. The zero-order valence-electron chi connectivity index (χ0n) is 10.9. The summed E-state index contributed by atoms with van der Waals surface area (Å²) in [6.45, 7) is 2.01. The first-order chi connectivity index (χ1) is 9.36. The Kier molecular flexibility index (Phi) is 4.47. The molecule has 0 bridgehead atoms. The van der Waals surface area contributed by atoms with Gasteiger partial charge in [0.2, 0.25) is 10.0 Å². The van der Waals surface area contributed by atoms with Gasteiger partial charge in [0.1, 0.15) is 0 Å². The summed E-state index contributed by atoms with van der Waals surface area (Å²) in [5.41, 5.74) is 1.97. The third kappa shape index (κ3) is 3.82. The molecule has 0 aliphatic heterocycles. The molecule has 20 heavy (non-hydrogen) atoms. The molecule has 0 aliphatic rings. The van der Waals surface area contributed by atoms with Crippen molar-refractivity contribution >= 4 is 31.6 Å². The molecule has 2 rings (SSSR count). The second-order valence-corrected chi connectivity index (χ2v) is 6.97. The van der Waals surface area contributed by atoms with Crippen LogP contribution in [0.4, 0.5) is 5.69 Å². The summed E-state index contributed by atoms with van der Waals surface area (Å²) in [5.74, 6) is 0. The van der Waals surface area contributed by atoms with E-state index in [4.69, 9.17) is 5.14 Å². The van der Waals surface area contributed by atoms with Gasteiger partial charge in [0.05, 0.1) is 4.90 Å². The minimum Gasteiger partial charge on any atom is -0.378 e. The van der Waals surface area contributed by atoms with E-state index in [1.807, 2.05) is 31.2 Å². The first-order valence-electron chi connectivity index (χ1n) is 6.01. The summed E-state index contributed by atoms with van der Waals surface area (Å²) in [6.07, 6.45) is 0. The number of sulfonamides is 1. The van der Waals surface area contributed by atoms with Gasteiger partial charge in [0.15, 0.2) is 0 Å². The number of hydrogen-bond donors (Lipinski definition) is 2. The van der Waals surface area contributed by atoms with E-state index in [1.54, 1.807) is 12.1 Å². The Bertz CT molecular complexity index is 699. The lowest BCUT2D eigenvalue weighted by atomic mass is 10.1. The molecule has 0 aromatic heterocycles. The molecule has 0 heterocycles. The maximum absolute atomic E-state index is 11.2. The molecule has 1 unspecified atom stereocenters. The van der Waals surface area contributed by atoms with Gasteiger partial charge in [-0.1, -0.05) is 34.1 Å². The molecule has 2 aromatic carbocycles. The van der Waals surface area contributed by atoms with Gasteiger partial charge in [0, 0.05) is 16.2 Å². The molecule has 4 nitrogen and oxygen atoms in total. The van der Waals surface area contributed by atoms with E-state index < -0.39 is 10.0 Å². The number of primary sulfonamides is 1. The Morgan fingerprint density at radius 2 is 1.80 bits per heavy atom. The fourth-order valence-corrected chi connectivity index (χ4v) is 2.77. The lowest BCUT2D eigenvalue weighted by Gasteiger charge is -2.16. The molecule has 0 saturated carbocycles. The Balaban J connectivity index is 2.15. The van der Waals surface area contributed by atoms with Crippen LogP contribution in [0.1, 0.15) is 18.5 Å². The zero-order valence-corrected chi connectivity index (χ0v) is 13.3. The van der Waals surface area contributed by atoms with Crippen LogP contribution in [-0.4, -0.2) is 8.42 Å². The average Bonchev–Trinajstić information content (AvgIpc) is 2.38. The predicted octanol–water partition coefficient (Wildman–Crippen LogP) is 3.27. The summed E-state index contributed by atoms with van der Waals surface area (Å²) in [6, 6.07) is 14.5. The second kappa shape index (κ2) is 5.95. The number of nitrogens with two attached hydrogens (primary N) is 1. The fourth-order valence-electron chi connectivity index (χ4n) is 1.86. The first-order valence-corrected chi connectivity index (χ1v) is 8.35. The van der Waals surface area contributed by atoms with Crippen LogP contribution in [0.15, 0.2) is 57.9 Å². The van der Waals surface area contributed by atoms with Crippen molar-refractivity contribution in [2.24, 2.45) is 5.14 Å². The summed E-state index contributed by atoms with van der Waals surface area (Å²) < 4.78 is 23.4. The monoisotopic (exact) mass is 354 g/mol. The van der Waals surface area contributed by atoms with Gasteiger partial charge in [-0.05, 0) is 42.8 Å². The number of hydrogen-bond acceptors (Lipinski definition) is 3. The van der Waals surface area contributed by atoms with Crippen molar-refractivity contribution in [3.8, 4) is 0 Å². The number of nitrogens with one attached hydrogen (secondary N) is 1. The Morgan fingerprint density at radius 3 is 2.35 bits per heavy atom. The average molecular weight is 355 g/mol. The molecule has 1 atom stereocenters. The predicted molar refractivity (Wildman–Crippen MR) is 84.0 cm³/mol. The van der Waals surface area contributed by atoms with Crippen LogP contribution in [0.25, 0.3) is 0 Å². The molecule has 0 amide bonds. The van der Waals surface area contributed by atoms with Gasteiger partial charge < -0.3 is 5.32 Å². The molecule has 6 heteroatoms. The van der Waals surface area contributed by atoms with E-state index in [1.165, 1.54) is 12.1 Å². The third-order valence-corrected chi connectivity index (χ3v) is 4.34. The van der Waals surface area contributed by atoms with Gasteiger partial charge in [-0.15, -0.1) is 0 Å². The van der Waals surface area contributed by atoms with Crippen molar-refractivity contribution in [2.45, 2.75) is 17.9 Å². The highest BCUT2D eigenvalue weighted by atomic mass is 79.9. The highest BCUT2D eigenvalue weighted by Crippen LogP contribution is 2.22. The Hall–Kier alpha value is -1.37. The lowest BCUT2D eigenvalue weighted by molar-refractivity contribution is 0.597. The fraction of sp³-hybridized carbons (Fsp3) is 0.143. The van der Waals surface area contributed by atoms with Crippen LogP contribution in [0.5, 0.6) is 0 Å². The van der Waals surface area contributed by atoms with Gasteiger partial charge in [-0.3, -0.25) is 0 Å². The second-order valence-electron chi connectivity index (χ2n) is 4.49. The van der Waals surface area contributed by atoms with Crippen LogP contribution in [-0.2, 0) is 10.0 Å². The third-order valence-electron chi connectivity index (χ3n) is 2.92. The standard InChI is InChI=1S/C14H15BrN2O2S/c1-10(17-13-4-2-3-12(15)9-13)11-5-7-14(8-6-11)20(16,18)19/h2-10,17H,1H3,(H2,16,18,19). The van der Waals surface area contributed by atoms with Crippen molar-refractivity contribution < 1.29 is 8.42 Å². The normalized spacial score (nSPS) is 12.9. The quantitative estimate of drug-likeness (QED) is 0.884. The lowest BCUT2D eigenvalue weighted by Crippen LogP contribution is -2.12. The largest absolute Gasteiger partial charge is 0.378 e. The van der Waals surface area contributed by atoms with Crippen LogP contribution in [0.3, 0.4) is 0 Å². The minimum atomic E-state index is -3.64. The molecular weight excluding hydrogens is 340 g/mol. The molecule has 2 aromatic rings. The first kappa shape index (κ1) is 15.0. The summed E-state index contributed by atoms with van der Waals surface area (Å²) in [5, 5.41) is 8.42.